The Balaban J connectivity index is 1.31. The Bertz CT molecular complexity index is 1250. The molecular weight excluding hydrogens is 454 g/mol. The van der Waals surface area contributed by atoms with Crippen LogP contribution in [0, 0.1) is 0 Å². The fraction of sp³-hybridized carbons (Fsp3) is 0.429. The number of nitrogens with zero attached hydrogens (tertiary/aromatic N) is 4. The van der Waals surface area contributed by atoms with Crippen LogP contribution in [-0.4, -0.2) is 50.8 Å². The SMILES string of the molecule is CCOc1ccc([C@H](CC(C)=O)N2CCn3cc(CCc4ccc5c(n4)NCCC5)cc3C2=O)cn1. The summed E-state index contributed by atoms with van der Waals surface area (Å²) < 4.78 is 7.49. The first kappa shape index (κ1) is 24.0. The van der Waals surface area contributed by atoms with Crippen LogP contribution in [-0.2, 0) is 30.6 Å². The Morgan fingerprint density at radius 2 is 2.08 bits per heavy atom. The molecule has 5 heterocycles. The van der Waals surface area contributed by atoms with Gasteiger partial charge in [-0.2, -0.15) is 0 Å². The Morgan fingerprint density at radius 3 is 2.86 bits per heavy atom. The molecule has 0 saturated heterocycles. The van der Waals surface area contributed by atoms with Crippen molar-refractivity contribution in [2.75, 3.05) is 25.0 Å². The van der Waals surface area contributed by atoms with Crippen LogP contribution in [0.4, 0.5) is 5.82 Å². The normalized spacial score (nSPS) is 15.6. The van der Waals surface area contributed by atoms with Gasteiger partial charge < -0.3 is 19.5 Å². The van der Waals surface area contributed by atoms with Crippen molar-refractivity contribution in [3.05, 3.63) is 70.8 Å². The third kappa shape index (κ3) is 5.12. The molecule has 5 rings (SSSR count). The van der Waals surface area contributed by atoms with E-state index in [2.05, 4.69) is 28.6 Å². The van der Waals surface area contributed by atoms with Gasteiger partial charge in [0.2, 0.25) is 5.88 Å². The Kier molecular flexibility index (Phi) is 7.02. The molecular formula is C28H33N5O3. The molecule has 0 radical (unpaired) electrons. The lowest BCUT2D eigenvalue weighted by atomic mass is 10.0. The summed E-state index contributed by atoms with van der Waals surface area (Å²) in [6.45, 7) is 6.22. The second kappa shape index (κ2) is 10.5. The summed E-state index contributed by atoms with van der Waals surface area (Å²) in [7, 11) is 0. The van der Waals surface area contributed by atoms with Gasteiger partial charge in [0.15, 0.2) is 0 Å². The Hall–Kier alpha value is -3.68. The molecule has 0 fully saturated rings. The largest absolute Gasteiger partial charge is 0.478 e. The third-order valence-corrected chi connectivity index (χ3v) is 6.93. The maximum absolute atomic E-state index is 13.6. The summed E-state index contributed by atoms with van der Waals surface area (Å²) in [6.07, 6.45) is 7.92. The van der Waals surface area contributed by atoms with E-state index >= 15 is 0 Å². The number of fused-ring (bicyclic) bond motifs is 2. The summed E-state index contributed by atoms with van der Waals surface area (Å²) in [6, 6.07) is 9.64. The quantitative estimate of drug-likeness (QED) is 0.491. The number of Topliss-reactive ketones (excluding diaryl/α,β-unsaturated/α-hetero) is 1. The second-order valence-corrected chi connectivity index (χ2v) is 9.55. The van der Waals surface area contributed by atoms with E-state index in [1.807, 2.05) is 28.5 Å². The number of ether oxygens (including phenoxy) is 1. The smallest absolute Gasteiger partial charge is 0.271 e. The molecule has 1 atom stereocenters. The minimum absolute atomic E-state index is 0.0374. The number of aryl methyl sites for hydroxylation is 3. The first-order valence-corrected chi connectivity index (χ1v) is 12.8. The number of nitrogens with one attached hydrogen (secondary N) is 1. The fourth-order valence-electron chi connectivity index (χ4n) is 5.12. The van der Waals surface area contributed by atoms with E-state index in [9.17, 15) is 9.59 Å². The van der Waals surface area contributed by atoms with Crippen molar-refractivity contribution >= 4 is 17.5 Å². The molecule has 8 heteroatoms. The highest BCUT2D eigenvalue weighted by molar-refractivity contribution is 5.94. The van der Waals surface area contributed by atoms with Gasteiger partial charge in [0.25, 0.3) is 5.91 Å². The number of carbonyl (C=O) groups excluding carboxylic acids is 2. The molecule has 0 bridgehead atoms. The number of rotatable bonds is 9. The molecule has 0 aliphatic carbocycles. The van der Waals surface area contributed by atoms with E-state index in [-0.39, 0.29) is 24.2 Å². The summed E-state index contributed by atoms with van der Waals surface area (Å²) in [4.78, 5) is 36.6. The van der Waals surface area contributed by atoms with Crippen molar-refractivity contribution < 1.29 is 14.3 Å². The lowest BCUT2D eigenvalue weighted by Gasteiger charge is -2.35. The van der Waals surface area contributed by atoms with Gasteiger partial charge in [-0.15, -0.1) is 0 Å². The van der Waals surface area contributed by atoms with Crippen molar-refractivity contribution in [2.45, 2.75) is 58.5 Å². The van der Waals surface area contributed by atoms with E-state index < -0.39 is 0 Å². The van der Waals surface area contributed by atoms with Crippen LogP contribution in [0.25, 0.3) is 0 Å². The summed E-state index contributed by atoms with van der Waals surface area (Å²) in [5.74, 6) is 1.54. The van der Waals surface area contributed by atoms with Crippen LogP contribution in [0.1, 0.15) is 65.6 Å². The first-order valence-electron chi connectivity index (χ1n) is 12.8. The predicted octanol–water partition coefficient (Wildman–Crippen LogP) is 4.00. The fourth-order valence-corrected chi connectivity index (χ4v) is 5.12. The third-order valence-electron chi connectivity index (χ3n) is 6.93. The predicted molar refractivity (Wildman–Crippen MR) is 137 cm³/mol. The van der Waals surface area contributed by atoms with E-state index in [1.165, 1.54) is 5.56 Å². The topological polar surface area (TPSA) is 89.4 Å². The average Bonchev–Trinajstić information content (AvgIpc) is 3.31. The summed E-state index contributed by atoms with van der Waals surface area (Å²) in [5.41, 5.74) is 4.99. The summed E-state index contributed by atoms with van der Waals surface area (Å²) >= 11 is 0. The van der Waals surface area contributed by atoms with E-state index in [4.69, 9.17) is 9.72 Å². The number of pyridine rings is 2. The highest BCUT2D eigenvalue weighted by atomic mass is 16.5. The van der Waals surface area contributed by atoms with E-state index in [0.29, 0.717) is 31.3 Å². The number of hydrogen-bond acceptors (Lipinski definition) is 6. The summed E-state index contributed by atoms with van der Waals surface area (Å²) in [5, 5.41) is 3.40. The lowest BCUT2D eigenvalue weighted by molar-refractivity contribution is -0.118. The van der Waals surface area contributed by atoms with Crippen LogP contribution in [0.2, 0.25) is 0 Å². The van der Waals surface area contributed by atoms with Crippen molar-refractivity contribution in [1.29, 1.82) is 0 Å². The molecule has 3 aromatic heterocycles. The molecule has 0 saturated carbocycles. The van der Waals surface area contributed by atoms with Gasteiger partial charge in [-0.3, -0.25) is 9.59 Å². The van der Waals surface area contributed by atoms with Gasteiger partial charge in [-0.25, -0.2) is 9.97 Å². The lowest BCUT2D eigenvalue weighted by Crippen LogP contribution is -2.42. The maximum atomic E-state index is 13.6. The Labute approximate surface area is 211 Å². The minimum atomic E-state index is -0.350. The van der Waals surface area contributed by atoms with Crippen LogP contribution in [0.5, 0.6) is 5.88 Å². The molecule has 0 spiro atoms. The average molecular weight is 488 g/mol. The molecule has 3 aromatic rings. The van der Waals surface area contributed by atoms with Crippen LogP contribution >= 0.6 is 0 Å². The van der Waals surface area contributed by atoms with Gasteiger partial charge in [-0.1, -0.05) is 12.1 Å². The standard InChI is InChI=1S/C28H33N5O3/c1-3-36-26-11-8-22(17-30-26)24(15-19(2)34)33-14-13-32-18-20(16-25(32)28(33)35)6-9-23-10-7-21-5-4-12-29-27(21)31-23/h7-8,10-11,16-18,24H,3-6,9,12-15H2,1-2H3,(H,29,31)/t24-/m0/s1. The molecule has 2 aliphatic rings. The highest BCUT2D eigenvalue weighted by Crippen LogP contribution is 2.30. The maximum Gasteiger partial charge on any atom is 0.271 e. The van der Waals surface area contributed by atoms with Gasteiger partial charge in [0, 0.05) is 50.2 Å². The molecule has 36 heavy (non-hydrogen) atoms. The van der Waals surface area contributed by atoms with Crippen LogP contribution in [0.3, 0.4) is 0 Å². The zero-order valence-corrected chi connectivity index (χ0v) is 21.0. The van der Waals surface area contributed by atoms with Gasteiger partial charge in [0.1, 0.15) is 17.3 Å². The van der Waals surface area contributed by atoms with Crippen molar-refractivity contribution in [1.82, 2.24) is 19.4 Å². The number of ketones is 1. The Morgan fingerprint density at radius 1 is 1.19 bits per heavy atom. The van der Waals surface area contributed by atoms with Crippen molar-refractivity contribution in [3.63, 3.8) is 0 Å². The molecule has 188 valence electrons. The zero-order chi connectivity index (χ0) is 25.1. The van der Waals surface area contributed by atoms with Gasteiger partial charge in [0.05, 0.1) is 12.6 Å². The molecule has 0 unspecified atom stereocenters. The number of anilines is 1. The molecule has 8 nitrogen and oxygen atoms in total. The molecule has 1 amide bonds. The number of hydrogen-bond donors (Lipinski definition) is 1. The van der Waals surface area contributed by atoms with Gasteiger partial charge >= 0.3 is 0 Å². The van der Waals surface area contributed by atoms with Gasteiger partial charge in [-0.05, 0) is 68.4 Å². The number of carbonyl (C=O) groups is 2. The minimum Gasteiger partial charge on any atom is -0.478 e. The van der Waals surface area contributed by atoms with Crippen molar-refractivity contribution in [3.8, 4) is 5.88 Å². The first-order chi connectivity index (χ1) is 17.5. The number of aromatic nitrogens is 3. The molecule has 0 aromatic carbocycles. The van der Waals surface area contributed by atoms with Crippen LogP contribution < -0.4 is 10.1 Å². The number of amides is 1. The second-order valence-electron chi connectivity index (χ2n) is 9.55. The van der Waals surface area contributed by atoms with E-state index in [0.717, 1.165) is 54.9 Å². The highest BCUT2D eigenvalue weighted by Gasteiger charge is 2.32. The monoisotopic (exact) mass is 487 g/mol. The molecule has 1 N–H and O–H groups in total. The van der Waals surface area contributed by atoms with E-state index in [1.54, 1.807) is 19.2 Å². The molecule has 2 aliphatic heterocycles. The van der Waals surface area contributed by atoms with Crippen molar-refractivity contribution in [2.24, 2.45) is 0 Å². The van der Waals surface area contributed by atoms with Crippen LogP contribution in [0.15, 0.2) is 42.7 Å². The zero-order valence-electron chi connectivity index (χ0n) is 21.0.